The summed E-state index contributed by atoms with van der Waals surface area (Å²) in [6.45, 7) is 1.27. The van der Waals surface area contributed by atoms with Gasteiger partial charge in [0.25, 0.3) is 0 Å². The lowest BCUT2D eigenvalue weighted by atomic mass is 9.97. The molecule has 0 radical (unpaired) electrons. The van der Waals surface area contributed by atoms with Crippen molar-refractivity contribution in [2.45, 2.75) is 37.9 Å². The third-order valence-electron chi connectivity index (χ3n) is 6.46. The number of carbonyl (C=O) groups excluding carboxylic acids is 2. The topological polar surface area (TPSA) is 89.8 Å². The number of Topliss-reactive ketones (excluding diaryl/α,β-unsaturated/α-hetero) is 1. The minimum absolute atomic E-state index is 0.00446. The normalized spacial score (nSPS) is 20.0. The highest BCUT2D eigenvalue weighted by Gasteiger charge is 2.43. The Hall–Kier alpha value is -4.05. The van der Waals surface area contributed by atoms with Gasteiger partial charge in [0.2, 0.25) is 5.91 Å². The summed E-state index contributed by atoms with van der Waals surface area (Å²) >= 11 is 0. The molecule has 6 nitrogen and oxygen atoms in total. The Morgan fingerprint density at radius 3 is 2.79 bits per heavy atom. The van der Waals surface area contributed by atoms with Crippen molar-refractivity contribution in [3.05, 3.63) is 66.5 Å². The summed E-state index contributed by atoms with van der Waals surface area (Å²) in [6.07, 6.45) is 3.39. The van der Waals surface area contributed by atoms with Crippen LogP contribution >= 0.6 is 0 Å². The molecule has 0 saturated carbocycles. The zero-order chi connectivity index (χ0) is 23.9. The Morgan fingerprint density at radius 2 is 1.97 bits per heavy atom. The molecule has 0 aliphatic carbocycles. The number of pyridine rings is 1. The highest BCUT2D eigenvalue weighted by atomic mass is 19.1. The van der Waals surface area contributed by atoms with Gasteiger partial charge >= 0.3 is 0 Å². The number of ketones is 1. The van der Waals surface area contributed by atoms with Gasteiger partial charge in [-0.1, -0.05) is 12.1 Å². The fraction of sp³-hybridized carbons (Fsp3) is 0.259. The molecule has 2 aromatic carbocycles. The first-order valence-corrected chi connectivity index (χ1v) is 11.2. The number of amides is 1. The molecule has 2 atom stereocenters. The lowest BCUT2D eigenvalue weighted by Crippen LogP contribution is -2.36. The first kappa shape index (κ1) is 21.8. The molecule has 1 saturated heterocycles. The van der Waals surface area contributed by atoms with Crippen LogP contribution in [0.2, 0.25) is 0 Å². The molecule has 170 valence electrons. The fourth-order valence-corrected chi connectivity index (χ4v) is 4.72. The summed E-state index contributed by atoms with van der Waals surface area (Å²) in [5.74, 6) is -0.560. The van der Waals surface area contributed by atoms with Gasteiger partial charge in [0.05, 0.1) is 18.1 Å². The van der Waals surface area contributed by atoms with Crippen molar-refractivity contribution < 1.29 is 14.0 Å². The molecule has 7 heteroatoms. The van der Waals surface area contributed by atoms with Gasteiger partial charge in [-0.3, -0.25) is 14.6 Å². The highest BCUT2D eigenvalue weighted by molar-refractivity contribution is 6.08. The number of benzene rings is 2. The van der Waals surface area contributed by atoms with Gasteiger partial charge in [0, 0.05) is 48.1 Å². The summed E-state index contributed by atoms with van der Waals surface area (Å²) in [5.41, 5.74) is 2.65. The van der Waals surface area contributed by atoms with Crippen molar-refractivity contribution in [1.29, 1.82) is 5.26 Å². The van der Waals surface area contributed by atoms with Gasteiger partial charge in [-0.05, 0) is 59.8 Å². The molecular weight excluding hydrogens is 431 g/mol. The smallest absolute Gasteiger partial charge is 0.224 e. The third-order valence-corrected chi connectivity index (χ3v) is 6.46. The number of alkyl halides is 1. The quantitative estimate of drug-likeness (QED) is 0.420. The molecule has 1 aliphatic heterocycles. The summed E-state index contributed by atoms with van der Waals surface area (Å²) in [5, 5.41) is 11.1. The number of halogens is 1. The zero-order valence-electron chi connectivity index (χ0n) is 18.7. The number of nitriles is 1. The second kappa shape index (κ2) is 8.38. The van der Waals surface area contributed by atoms with Crippen molar-refractivity contribution in [2.24, 2.45) is 0 Å². The van der Waals surface area contributed by atoms with Crippen LogP contribution in [0.15, 0.2) is 60.9 Å². The van der Waals surface area contributed by atoms with Crippen molar-refractivity contribution in [1.82, 2.24) is 14.9 Å². The molecule has 3 heterocycles. The molecular formula is C27H23FN4O2. The number of hydrogen-bond acceptors (Lipinski definition) is 4. The van der Waals surface area contributed by atoms with E-state index in [0.717, 1.165) is 27.4 Å². The average Bonchev–Trinajstić information content (AvgIpc) is 3.44. The van der Waals surface area contributed by atoms with E-state index >= 15 is 0 Å². The second-order valence-corrected chi connectivity index (χ2v) is 9.08. The van der Waals surface area contributed by atoms with E-state index in [1.807, 2.05) is 48.7 Å². The Bertz CT molecular complexity index is 1470. The Labute approximate surface area is 196 Å². The van der Waals surface area contributed by atoms with Gasteiger partial charge in [0.15, 0.2) is 5.78 Å². The van der Waals surface area contributed by atoms with E-state index in [1.165, 1.54) is 11.8 Å². The van der Waals surface area contributed by atoms with E-state index in [1.54, 1.807) is 12.3 Å². The zero-order valence-corrected chi connectivity index (χ0v) is 18.7. The molecule has 1 amide bonds. The molecule has 2 aromatic heterocycles. The number of nitrogens with one attached hydrogen (secondary N) is 1. The average molecular weight is 455 g/mol. The predicted octanol–water partition coefficient (Wildman–Crippen LogP) is 5.20. The number of likely N-dealkylation sites (tertiary alicyclic amines) is 1. The number of rotatable bonds is 5. The minimum atomic E-state index is -1.58. The van der Waals surface area contributed by atoms with Crippen LogP contribution in [-0.4, -0.2) is 44.8 Å². The molecule has 0 bridgehead atoms. The summed E-state index contributed by atoms with van der Waals surface area (Å²) in [6, 6.07) is 16.8. The lowest BCUT2D eigenvalue weighted by molar-refractivity contribution is -0.131. The van der Waals surface area contributed by atoms with Crippen molar-refractivity contribution in [3.8, 4) is 17.2 Å². The molecule has 1 fully saturated rings. The van der Waals surface area contributed by atoms with E-state index in [-0.39, 0.29) is 37.5 Å². The van der Waals surface area contributed by atoms with Gasteiger partial charge in [-0.15, -0.1) is 0 Å². The van der Waals surface area contributed by atoms with Crippen LogP contribution in [0.3, 0.4) is 0 Å². The maximum Gasteiger partial charge on any atom is 0.224 e. The molecule has 1 unspecified atom stereocenters. The Kier molecular flexibility index (Phi) is 5.37. The third kappa shape index (κ3) is 4.03. The van der Waals surface area contributed by atoms with Gasteiger partial charge < -0.3 is 9.88 Å². The van der Waals surface area contributed by atoms with Crippen LogP contribution in [0.25, 0.3) is 32.9 Å². The van der Waals surface area contributed by atoms with Crippen LogP contribution < -0.4 is 0 Å². The standard InChI is InChI=1S/C27H23FN4O2/c1-27(28)14-20(15-29)32(16-27)26(34)7-6-25(33)21-9-11-31-24-5-3-18(13-22(21)24)17-2-4-23-19(12-17)8-10-30-23/h2-5,8-13,20,30H,6-7,14,16H2,1H3/t20-,27?/m0/s1. The Balaban J connectivity index is 1.38. The monoisotopic (exact) mass is 454 g/mol. The van der Waals surface area contributed by atoms with Crippen LogP contribution in [0.4, 0.5) is 4.39 Å². The van der Waals surface area contributed by atoms with Crippen molar-refractivity contribution in [2.75, 3.05) is 6.54 Å². The highest BCUT2D eigenvalue weighted by Crippen LogP contribution is 2.31. The summed E-state index contributed by atoms with van der Waals surface area (Å²) in [4.78, 5) is 34.6. The maximum absolute atomic E-state index is 14.3. The predicted molar refractivity (Wildman–Crippen MR) is 128 cm³/mol. The SMILES string of the molecule is CC1(F)C[C@@H](C#N)N(C(=O)CCC(=O)c2ccnc3ccc(-c4ccc5[nH]ccc5c4)cc23)C1. The largest absolute Gasteiger partial charge is 0.361 e. The van der Waals surface area contributed by atoms with E-state index in [4.69, 9.17) is 0 Å². The lowest BCUT2D eigenvalue weighted by Gasteiger charge is -2.19. The van der Waals surface area contributed by atoms with Crippen molar-refractivity contribution in [3.63, 3.8) is 0 Å². The number of nitrogens with zero attached hydrogens (tertiary/aromatic N) is 3. The number of aromatic nitrogens is 2. The number of hydrogen-bond donors (Lipinski definition) is 1. The number of aromatic amines is 1. The summed E-state index contributed by atoms with van der Waals surface area (Å²) in [7, 11) is 0. The minimum Gasteiger partial charge on any atom is -0.361 e. The molecule has 0 spiro atoms. The molecule has 34 heavy (non-hydrogen) atoms. The van der Waals surface area contributed by atoms with Gasteiger partial charge in [-0.2, -0.15) is 5.26 Å². The van der Waals surface area contributed by atoms with Gasteiger partial charge in [0.1, 0.15) is 11.7 Å². The van der Waals surface area contributed by atoms with E-state index < -0.39 is 11.7 Å². The fourth-order valence-electron chi connectivity index (χ4n) is 4.72. The van der Waals surface area contributed by atoms with Crippen molar-refractivity contribution >= 4 is 33.5 Å². The first-order valence-electron chi connectivity index (χ1n) is 11.2. The first-order chi connectivity index (χ1) is 16.3. The van der Waals surface area contributed by atoms with E-state index in [9.17, 15) is 19.2 Å². The second-order valence-electron chi connectivity index (χ2n) is 9.08. The van der Waals surface area contributed by atoms with Crippen LogP contribution in [0, 0.1) is 11.3 Å². The van der Waals surface area contributed by atoms with Crippen LogP contribution in [-0.2, 0) is 4.79 Å². The molecule has 1 aliphatic rings. The van der Waals surface area contributed by atoms with Crippen LogP contribution in [0.1, 0.15) is 36.5 Å². The number of H-pyrrole nitrogens is 1. The van der Waals surface area contributed by atoms with Gasteiger partial charge in [-0.25, -0.2) is 4.39 Å². The van der Waals surface area contributed by atoms with E-state index in [2.05, 4.69) is 16.0 Å². The number of fused-ring (bicyclic) bond motifs is 2. The van der Waals surface area contributed by atoms with E-state index in [0.29, 0.717) is 11.1 Å². The number of carbonyl (C=O) groups is 2. The maximum atomic E-state index is 14.3. The molecule has 1 N–H and O–H groups in total. The molecule has 4 aromatic rings. The van der Waals surface area contributed by atoms with Crippen LogP contribution in [0.5, 0.6) is 0 Å². The summed E-state index contributed by atoms with van der Waals surface area (Å²) < 4.78 is 14.3. The Morgan fingerprint density at radius 1 is 1.18 bits per heavy atom. The molecule has 5 rings (SSSR count).